The number of hydrogen-bond acceptors (Lipinski definition) is 2. The van der Waals surface area contributed by atoms with Crippen LogP contribution in [0.25, 0.3) is 0 Å². The van der Waals surface area contributed by atoms with E-state index in [2.05, 4.69) is 47.6 Å². The first-order chi connectivity index (χ1) is 8.89. The number of rotatable bonds is 7. The van der Waals surface area contributed by atoms with Crippen LogP contribution in [0.4, 0.5) is 0 Å². The van der Waals surface area contributed by atoms with Crippen molar-refractivity contribution in [3.8, 4) is 0 Å². The molecule has 0 radical (unpaired) electrons. The van der Waals surface area contributed by atoms with E-state index >= 15 is 0 Å². The minimum Gasteiger partial charge on any atom is -0.286 e. The van der Waals surface area contributed by atoms with E-state index in [-0.39, 0.29) is 5.60 Å². The Hall–Kier alpha value is -0.123. The molecule has 0 aliphatic heterocycles. The Kier molecular flexibility index (Phi) is 6.28. The molecule has 112 valence electrons. The quantitative estimate of drug-likeness (QED) is 0.267. The molecule has 0 aromatic rings. The highest BCUT2D eigenvalue weighted by Crippen LogP contribution is 2.35. The average Bonchev–Trinajstić information content (AvgIpc) is 2.41. The molecule has 1 aliphatic carbocycles. The summed E-state index contributed by atoms with van der Waals surface area (Å²) >= 11 is 0. The highest BCUT2D eigenvalue weighted by atomic mass is 28.4. The molecule has 0 spiro atoms. The van der Waals surface area contributed by atoms with E-state index in [0.717, 1.165) is 24.6 Å². The van der Waals surface area contributed by atoms with Gasteiger partial charge in [-0.25, -0.2) is 4.89 Å². The molecule has 3 heteroatoms. The zero-order valence-electron chi connectivity index (χ0n) is 13.7. The van der Waals surface area contributed by atoms with Crippen LogP contribution in [0.3, 0.4) is 0 Å². The monoisotopic (exact) mass is 284 g/mol. The van der Waals surface area contributed by atoms with Gasteiger partial charge in [0.25, 0.3) is 0 Å². The summed E-state index contributed by atoms with van der Waals surface area (Å²) in [7, 11) is -1.64. The van der Waals surface area contributed by atoms with Crippen LogP contribution in [0.1, 0.15) is 60.8 Å². The Morgan fingerprint density at radius 2 is 1.79 bits per heavy atom. The molecule has 0 amide bonds. The largest absolute Gasteiger partial charge is 0.286 e. The van der Waals surface area contributed by atoms with Crippen LogP contribution in [0.5, 0.6) is 0 Å². The number of hydrogen-bond donors (Lipinski definition) is 0. The predicted octanol–water partition coefficient (Wildman–Crippen LogP) is 5.46. The van der Waals surface area contributed by atoms with Crippen molar-refractivity contribution in [3.63, 3.8) is 0 Å². The molecule has 0 N–H and O–H groups in total. The third-order valence-corrected chi connectivity index (χ3v) is 9.29. The van der Waals surface area contributed by atoms with E-state index in [4.69, 9.17) is 9.46 Å². The van der Waals surface area contributed by atoms with Gasteiger partial charge in [-0.2, -0.15) is 0 Å². The minimum atomic E-state index is -1.64. The van der Waals surface area contributed by atoms with E-state index in [1.807, 2.05) is 0 Å². The van der Waals surface area contributed by atoms with Gasteiger partial charge in [-0.05, 0) is 64.1 Å². The molecule has 0 saturated carbocycles. The standard InChI is InChI=1S/C16H32O2Si/c1-7-19(8-2,9-3)18-17-16(5,6)15-12-10-14(4)11-13-15/h10,15H,7-9,11-13H2,1-6H3. The summed E-state index contributed by atoms with van der Waals surface area (Å²) in [5, 5.41) is 0. The molecule has 2 nitrogen and oxygen atoms in total. The zero-order valence-corrected chi connectivity index (χ0v) is 14.7. The van der Waals surface area contributed by atoms with Crippen LogP contribution in [-0.4, -0.2) is 13.9 Å². The van der Waals surface area contributed by atoms with Gasteiger partial charge in [0, 0.05) is 0 Å². The van der Waals surface area contributed by atoms with Crippen LogP contribution < -0.4 is 0 Å². The first-order valence-corrected chi connectivity index (χ1v) is 10.4. The summed E-state index contributed by atoms with van der Waals surface area (Å²) in [6.07, 6.45) is 5.91. The average molecular weight is 285 g/mol. The minimum absolute atomic E-state index is 0.172. The van der Waals surface area contributed by atoms with Crippen molar-refractivity contribution in [2.45, 2.75) is 84.5 Å². The van der Waals surface area contributed by atoms with Gasteiger partial charge in [0.05, 0.1) is 5.60 Å². The van der Waals surface area contributed by atoms with Crippen molar-refractivity contribution in [2.24, 2.45) is 5.92 Å². The molecule has 1 atom stereocenters. The van der Waals surface area contributed by atoms with E-state index in [9.17, 15) is 0 Å². The second-order valence-electron chi connectivity index (χ2n) is 6.54. The predicted molar refractivity (Wildman–Crippen MR) is 84.5 cm³/mol. The van der Waals surface area contributed by atoms with Crippen molar-refractivity contribution in [3.05, 3.63) is 11.6 Å². The molecule has 0 fully saturated rings. The van der Waals surface area contributed by atoms with E-state index in [1.165, 1.54) is 18.4 Å². The van der Waals surface area contributed by atoms with E-state index in [1.54, 1.807) is 0 Å². The molecule has 19 heavy (non-hydrogen) atoms. The third-order valence-electron chi connectivity index (χ3n) is 4.99. The molecule has 1 unspecified atom stereocenters. The maximum atomic E-state index is 6.04. The van der Waals surface area contributed by atoms with Crippen molar-refractivity contribution >= 4 is 8.32 Å². The molecule has 0 saturated heterocycles. The van der Waals surface area contributed by atoms with Gasteiger partial charge < -0.3 is 0 Å². The SMILES string of the molecule is CC[Si](CC)(CC)OOC(C)(C)C1CC=C(C)CC1. The molecule has 0 heterocycles. The lowest BCUT2D eigenvalue weighted by Crippen LogP contribution is -2.43. The van der Waals surface area contributed by atoms with Gasteiger partial charge in [-0.15, -0.1) is 0 Å². The first-order valence-electron chi connectivity index (χ1n) is 7.91. The Morgan fingerprint density at radius 1 is 1.21 bits per heavy atom. The second kappa shape index (κ2) is 7.05. The van der Waals surface area contributed by atoms with Crippen molar-refractivity contribution in [1.82, 2.24) is 0 Å². The normalized spacial score (nSPS) is 21.4. The van der Waals surface area contributed by atoms with E-state index < -0.39 is 8.32 Å². The van der Waals surface area contributed by atoms with Crippen LogP contribution in [-0.2, 0) is 9.46 Å². The summed E-state index contributed by atoms with van der Waals surface area (Å²) in [6, 6.07) is 3.42. The molecule has 0 aromatic heterocycles. The van der Waals surface area contributed by atoms with Gasteiger partial charge in [0.1, 0.15) is 0 Å². The van der Waals surface area contributed by atoms with Crippen LogP contribution in [0.15, 0.2) is 11.6 Å². The van der Waals surface area contributed by atoms with Crippen molar-refractivity contribution < 1.29 is 9.46 Å². The highest BCUT2D eigenvalue weighted by Gasteiger charge is 2.37. The fourth-order valence-electron chi connectivity index (χ4n) is 2.79. The Balaban J connectivity index is 2.59. The molecule has 1 aliphatic rings. The zero-order chi connectivity index (χ0) is 14.5. The smallest absolute Gasteiger partial charge is 0.238 e. The first kappa shape index (κ1) is 16.9. The molecule has 0 bridgehead atoms. The summed E-state index contributed by atoms with van der Waals surface area (Å²) in [4.78, 5) is 5.97. The Morgan fingerprint density at radius 3 is 2.21 bits per heavy atom. The fourth-order valence-corrected chi connectivity index (χ4v) is 5.03. The van der Waals surface area contributed by atoms with Gasteiger partial charge >= 0.3 is 0 Å². The highest BCUT2D eigenvalue weighted by molar-refractivity contribution is 6.73. The van der Waals surface area contributed by atoms with Gasteiger partial charge in [-0.1, -0.05) is 32.4 Å². The topological polar surface area (TPSA) is 18.5 Å². The number of allylic oxidation sites excluding steroid dienone is 2. The lowest BCUT2D eigenvalue weighted by atomic mass is 9.80. The summed E-state index contributed by atoms with van der Waals surface area (Å²) in [6.45, 7) is 13.3. The summed E-state index contributed by atoms with van der Waals surface area (Å²) in [5.74, 6) is 0.577. The third kappa shape index (κ3) is 4.43. The maximum Gasteiger partial charge on any atom is 0.238 e. The Bertz CT molecular complexity index is 298. The van der Waals surface area contributed by atoms with Gasteiger partial charge in [0.15, 0.2) is 0 Å². The Labute approximate surface area is 120 Å². The van der Waals surface area contributed by atoms with Gasteiger partial charge in [-0.3, -0.25) is 4.58 Å². The summed E-state index contributed by atoms with van der Waals surface area (Å²) < 4.78 is 6.04. The van der Waals surface area contributed by atoms with Crippen LogP contribution in [0.2, 0.25) is 18.1 Å². The van der Waals surface area contributed by atoms with Crippen LogP contribution in [0, 0.1) is 5.92 Å². The fraction of sp³-hybridized carbons (Fsp3) is 0.875. The van der Waals surface area contributed by atoms with Crippen molar-refractivity contribution in [1.29, 1.82) is 0 Å². The molecular formula is C16H32O2Si. The molecule has 1 rings (SSSR count). The lowest BCUT2D eigenvalue weighted by Gasteiger charge is -2.38. The van der Waals surface area contributed by atoms with Gasteiger partial charge in [0.2, 0.25) is 8.32 Å². The molecular weight excluding hydrogens is 252 g/mol. The second-order valence-corrected chi connectivity index (χ2v) is 11.2. The maximum absolute atomic E-state index is 6.04. The summed E-state index contributed by atoms with van der Waals surface area (Å²) in [5.41, 5.74) is 1.35. The van der Waals surface area contributed by atoms with Crippen LogP contribution >= 0.6 is 0 Å². The van der Waals surface area contributed by atoms with Crippen molar-refractivity contribution in [2.75, 3.05) is 0 Å². The van der Waals surface area contributed by atoms with E-state index in [0.29, 0.717) is 5.92 Å². The lowest BCUT2D eigenvalue weighted by molar-refractivity contribution is -0.307. The molecule has 0 aromatic carbocycles.